The van der Waals surface area contributed by atoms with Crippen molar-refractivity contribution in [2.75, 3.05) is 0 Å². The Labute approximate surface area is 268 Å². The maximum atomic E-state index is 2.41. The Balaban J connectivity index is 1.28. The van der Waals surface area contributed by atoms with Crippen molar-refractivity contribution in [2.45, 2.75) is 0 Å². The van der Waals surface area contributed by atoms with Crippen molar-refractivity contribution in [2.24, 2.45) is 0 Å². The molecular weight excluding hydrogens is 553 g/mol. The third-order valence-electron chi connectivity index (χ3n) is 9.40. The second-order valence-electron chi connectivity index (χ2n) is 12.2. The van der Waals surface area contributed by atoms with Gasteiger partial charge in [0.1, 0.15) is 0 Å². The van der Waals surface area contributed by atoms with Gasteiger partial charge in [-0.3, -0.25) is 0 Å². The summed E-state index contributed by atoms with van der Waals surface area (Å²) in [6, 6.07) is 66.7. The lowest BCUT2D eigenvalue weighted by Crippen LogP contribution is -1.90. The molecule has 0 aromatic heterocycles. The average Bonchev–Trinajstić information content (AvgIpc) is 3.14. The molecule has 0 saturated heterocycles. The molecular formula is C46H30. The zero-order valence-corrected chi connectivity index (χ0v) is 25.3. The molecule has 0 aliphatic heterocycles. The Kier molecular flexibility index (Phi) is 6.25. The predicted molar refractivity (Wildman–Crippen MR) is 198 cm³/mol. The van der Waals surface area contributed by atoms with Crippen LogP contribution in [0.2, 0.25) is 0 Å². The summed E-state index contributed by atoms with van der Waals surface area (Å²) < 4.78 is 0. The van der Waals surface area contributed by atoms with E-state index in [1.54, 1.807) is 0 Å². The maximum Gasteiger partial charge on any atom is -0.00928 e. The molecule has 9 aromatic carbocycles. The highest BCUT2D eigenvalue weighted by Gasteiger charge is 2.15. The molecule has 0 atom stereocenters. The molecule has 0 aliphatic carbocycles. The highest BCUT2D eigenvalue weighted by atomic mass is 14.2. The van der Waals surface area contributed by atoms with Gasteiger partial charge in [-0.05, 0) is 124 Å². The van der Waals surface area contributed by atoms with Crippen LogP contribution in [0.4, 0.5) is 0 Å². The first-order valence-corrected chi connectivity index (χ1v) is 15.9. The van der Waals surface area contributed by atoms with Gasteiger partial charge in [-0.1, -0.05) is 146 Å². The van der Waals surface area contributed by atoms with Crippen LogP contribution < -0.4 is 0 Å². The maximum absolute atomic E-state index is 2.41. The Bertz CT molecular complexity index is 2560. The first kappa shape index (κ1) is 26.4. The molecule has 0 aliphatic rings. The molecule has 0 radical (unpaired) electrons. The third kappa shape index (κ3) is 4.55. The van der Waals surface area contributed by atoms with E-state index in [0.29, 0.717) is 0 Å². The Hall–Kier alpha value is -5.98. The van der Waals surface area contributed by atoms with Gasteiger partial charge in [0.2, 0.25) is 0 Å². The fourth-order valence-corrected chi connectivity index (χ4v) is 7.07. The van der Waals surface area contributed by atoms with Gasteiger partial charge in [-0.15, -0.1) is 0 Å². The van der Waals surface area contributed by atoms with Gasteiger partial charge in [-0.25, -0.2) is 0 Å². The average molecular weight is 583 g/mol. The second-order valence-corrected chi connectivity index (χ2v) is 12.2. The summed E-state index contributed by atoms with van der Waals surface area (Å²) in [6.45, 7) is 0. The molecule has 9 aromatic rings. The second kappa shape index (κ2) is 10.9. The summed E-state index contributed by atoms with van der Waals surface area (Å²) in [5.41, 5.74) is 9.90. The zero-order chi connectivity index (χ0) is 30.5. The minimum Gasteiger partial charge on any atom is -0.0622 e. The first-order chi connectivity index (χ1) is 22.8. The van der Waals surface area contributed by atoms with Gasteiger partial charge in [0.25, 0.3) is 0 Å². The molecule has 214 valence electrons. The minimum absolute atomic E-state index is 1.22. The van der Waals surface area contributed by atoms with Gasteiger partial charge in [0, 0.05) is 0 Å². The fraction of sp³-hybridized carbons (Fsp3) is 0. The lowest BCUT2D eigenvalue weighted by Gasteiger charge is -2.16. The summed E-state index contributed by atoms with van der Waals surface area (Å²) in [5.74, 6) is 0. The van der Waals surface area contributed by atoms with Crippen LogP contribution in [0.1, 0.15) is 0 Å². The van der Waals surface area contributed by atoms with E-state index in [1.165, 1.54) is 87.6 Å². The Morgan fingerprint density at radius 3 is 1.33 bits per heavy atom. The molecule has 0 N–H and O–H groups in total. The van der Waals surface area contributed by atoms with Crippen molar-refractivity contribution in [3.63, 3.8) is 0 Å². The van der Waals surface area contributed by atoms with Gasteiger partial charge in [0.05, 0.1) is 0 Å². The van der Waals surface area contributed by atoms with Crippen LogP contribution in [-0.4, -0.2) is 0 Å². The molecule has 0 bridgehead atoms. The molecule has 0 nitrogen and oxygen atoms in total. The van der Waals surface area contributed by atoms with E-state index in [4.69, 9.17) is 0 Å². The largest absolute Gasteiger partial charge is 0.0622 e. The van der Waals surface area contributed by atoms with Crippen molar-refractivity contribution in [1.29, 1.82) is 0 Å². The summed E-state index contributed by atoms with van der Waals surface area (Å²) >= 11 is 0. The summed E-state index contributed by atoms with van der Waals surface area (Å²) in [6.07, 6.45) is 0. The van der Waals surface area contributed by atoms with Crippen molar-refractivity contribution < 1.29 is 0 Å². The summed E-state index contributed by atoms with van der Waals surface area (Å²) in [7, 11) is 0. The molecule has 0 heterocycles. The van der Waals surface area contributed by atoms with Gasteiger partial charge in [-0.2, -0.15) is 0 Å². The van der Waals surface area contributed by atoms with E-state index in [9.17, 15) is 0 Å². The molecule has 9 rings (SSSR count). The predicted octanol–water partition coefficient (Wildman–Crippen LogP) is 13.0. The van der Waals surface area contributed by atoms with E-state index in [1.807, 2.05) is 0 Å². The lowest BCUT2D eigenvalue weighted by molar-refractivity contribution is 1.61. The van der Waals surface area contributed by atoms with Crippen LogP contribution in [0.15, 0.2) is 182 Å². The first-order valence-electron chi connectivity index (χ1n) is 15.9. The minimum atomic E-state index is 1.22. The van der Waals surface area contributed by atoms with Crippen LogP contribution in [0.25, 0.3) is 87.6 Å². The van der Waals surface area contributed by atoms with Crippen LogP contribution >= 0.6 is 0 Å². The van der Waals surface area contributed by atoms with Crippen molar-refractivity contribution in [3.8, 4) is 44.5 Å². The highest BCUT2D eigenvalue weighted by molar-refractivity contribution is 6.16. The van der Waals surface area contributed by atoms with E-state index in [2.05, 4.69) is 182 Å². The fourth-order valence-electron chi connectivity index (χ4n) is 7.07. The molecule has 0 saturated carbocycles. The van der Waals surface area contributed by atoms with Crippen LogP contribution in [0, 0.1) is 0 Å². The van der Waals surface area contributed by atoms with Gasteiger partial charge >= 0.3 is 0 Å². The zero-order valence-electron chi connectivity index (χ0n) is 25.3. The third-order valence-corrected chi connectivity index (χ3v) is 9.40. The lowest BCUT2D eigenvalue weighted by atomic mass is 9.87. The van der Waals surface area contributed by atoms with Crippen molar-refractivity contribution in [3.05, 3.63) is 182 Å². The topological polar surface area (TPSA) is 0 Å². The van der Waals surface area contributed by atoms with Gasteiger partial charge < -0.3 is 0 Å². The van der Waals surface area contributed by atoms with Crippen molar-refractivity contribution in [1.82, 2.24) is 0 Å². The normalized spacial score (nSPS) is 11.5. The molecule has 0 fully saturated rings. The number of rotatable bonds is 4. The molecule has 0 unspecified atom stereocenters. The molecule has 0 amide bonds. The molecule has 46 heavy (non-hydrogen) atoms. The Morgan fingerprint density at radius 1 is 0.196 bits per heavy atom. The number of benzene rings is 9. The molecule has 0 spiro atoms. The van der Waals surface area contributed by atoms with E-state index in [-0.39, 0.29) is 0 Å². The van der Waals surface area contributed by atoms with E-state index < -0.39 is 0 Å². The summed E-state index contributed by atoms with van der Waals surface area (Å²) in [5, 5.41) is 10.1. The number of fused-ring (bicyclic) bond motifs is 5. The quantitative estimate of drug-likeness (QED) is 0.181. The van der Waals surface area contributed by atoms with Crippen LogP contribution in [0.5, 0.6) is 0 Å². The highest BCUT2D eigenvalue weighted by Crippen LogP contribution is 2.41. The monoisotopic (exact) mass is 582 g/mol. The van der Waals surface area contributed by atoms with Crippen LogP contribution in [0.3, 0.4) is 0 Å². The SMILES string of the molecule is c1ccc(-c2cc3ccccc3cc2-c2ccc3c(c2)c(-c2ccccc2)cc2cc(-c4ccc5ccccc5c4)ccc23)cc1. The summed E-state index contributed by atoms with van der Waals surface area (Å²) in [4.78, 5) is 0. The van der Waals surface area contributed by atoms with E-state index >= 15 is 0 Å². The van der Waals surface area contributed by atoms with Gasteiger partial charge in [0.15, 0.2) is 0 Å². The molecule has 0 heteroatoms. The number of hydrogen-bond acceptors (Lipinski definition) is 0. The van der Waals surface area contributed by atoms with Crippen molar-refractivity contribution >= 4 is 43.1 Å². The van der Waals surface area contributed by atoms with E-state index in [0.717, 1.165) is 0 Å². The smallest absolute Gasteiger partial charge is 0.00928 e. The Morgan fingerprint density at radius 2 is 0.652 bits per heavy atom. The standard InChI is InChI=1S/C46H30/c1-3-12-32(13-4-1)43-27-35-17-9-10-18-36(35)28-45(43)39-22-24-42-41-23-21-38(37-20-19-31-11-7-8-16-34(31)25-37)26-40(41)30-44(46(42)29-39)33-14-5-2-6-15-33/h1-30H. The van der Waals surface area contributed by atoms with Crippen LogP contribution in [-0.2, 0) is 0 Å². The number of hydrogen-bond donors (Lipinski definition) is 0.